The molecule has 0 bridgehead atoms. The van der Waals surface area contributed by atoms with E-state index in [0.29, 0.717) is 32.6 Å². The average molecular weight is 351 g/mol. The van der Waals surface area contributed by atoms with E-state index in [4.69, 9.17) is 9.52 Å². The second kappa shape index (κ2) is 9.01. The molecule has 0 saturated carbocycles. The maximum absolute atomic E-state index is 12.7. The van der Waals surface area contributed by atoms with Crippen LogP contribution in [-0.2, 0) is 16.1 Å². The van der Waals surface area contributed by atoms with Gasteiger partial charge in [-0.25, -0.2) is 0 Å². The SMILES string of the molecule is Cc1ccc(CN2CCNC(=O)[C@@H]2CC(=O)N(CCCO)C(C)C)o1. The second-order valence-corrected chi connectivity index (χ2v) is 6.75. The Morgan fingerprint density at radius 2 is 2.24 bits per heavy atom. The molecule has 140 valence electrons. The Hall–Kier alpha value is -1.86. The zero-order valence-corrected chi connectivity index (χ0v) is 15.3. The molecule has 1 aromatic rings. The third kappa shape index (κ3) is 5.31. The highest BCUT2D eigenvalue weighted by Gasteiger charge is 2.33. The van der Waals surface area contributed by atoms with Crippen LogP contribution in [0.15, 0.2) is 16.5 Å². The van der Waals surface area contributed by atoms with Crippen molar-refractivity contribution in [2.45, 2.75) is 52.2 Å². The number of nitrogens with zero attached hydrogens (tertiary/aromatic N) is 2. The van der Waals surface area contributed by atoms with Gasteiger partial charge in [-0.2, -0.15) is 0 Å². The van der Waals surface area contributed by atoms with Gasteiger partial charge < -0.3 is 19.7 Å². The molecule has 1 atom stereocenters. The number of carbonyl (C=O) groups is 2. The van der Waals surface area contributed by atoms with E-state index in [9.17, 15) is 9.59 Å². The van der Waals surface area contributed by atoms with Crippen LogP contribution in [0.4, 0.5) is 0 Å². The van der Waals surface area contributed by atoms with E-state index in [2.05, 4.69) is 5.32 Å². The highest BCUT2D eigenvalue weighted by atomic mass is 16.3. The van der Waals surface area contributed by atoms with E-state index in [0.717, 1.165) is 11.5 Å². The van der Waals surface area contributed by atoms with E-state index in [1.165, 1.54) is 0 Å². The molecule has 2 amide bonds. The van der Waals surface area contributed by atoms with Gasteiger partial charge in [-0.15, -0.1) is 0 Å². The molecule has 0 aromatic carbocycles. The minimum atomic E-state index is -0.498. The number of rotatable bonds is 8. The summed E-state index contributed by atoms with van der Waals surface area (Å²) in [5, 5.41) is 11.9. The van der Waals surface area contributed by atoms with Crippen LogP contribution in [0.3, 0.4) is 0 Å². The number of aliphatic hydroxyl groups excluding tert-OH is 1. The Kier molecular flexibility index (Phi) is 7.01. The summed E-state index contributed by atoms with van der Waals surface area (Å²) in [7, 11) is 0. The lowest BCUT2D eigenvalue weighted by Gasteiger charge is -2.36. The Balaban J connectivity index is 2.06. The van der Waals surface area contributed by atoms with Crippen LogP contribution < -0.4 is 5.32 Å². The number of furan rings is 1. The maximum atomic E-state index is 12.7. The number of aliphatic hydroxyl groups is 1. The van der Waals surface area contributed by atoms with Crippen molar-refractivity contribution in [2.24, 2.45) is 0 Å². The zero-order chi connectivity index (χ0) is 18.4. The van der Waals surface area contributed by atoms with Crippen LogP contribution in [0, 0.1) is 6.92 Å². The molecule has 2 N–H and O–H groups in total. The number of hydrogen-bond acceptors (Lipinski definition) is 5. The summed E-state index contributed by atoms with van der Waals surface area (Å²) >= 11 is 0. The van der Waals surface area contributed by atoms with Crippen molar-refractivity contribution >= 4 is 11.8 Å². The first kappa shape index (κ1) is 19.5. The first-order valence-electron chi connectivity index (χ1n) is 8.89. The van der Waals surface area contributed by atoms with Gasteiger partial charge in [0.15, 0.2) is 0 Å². The number of piperazine rings is 1. The summed E-state index contributed by atoms with van der Waals surface area (Å²) < 4.78 is 5.62. The van der Waals surface area contributed by atoms with Gasteiger partial charge in [-0.05, 0) is 39.3 Å². The molecule has 1 fully saturated rings. The Labute approximate surface area is 149 Å². The van der Waals surface area contributed by atoms with Crippen molar-refractivity contribution in [3.63, 3.8) is 0 Å². The average Bonchev–Trinajstić information content (AvgIpc) is 2.96. The standard InChI is InChI=1S/C18H29N3O4/c1-13(2)21(8-4-10-22)17(23)11-16-18(24)19-7-9-20(16)12-15-6-5-14(3)25-15/h5-6,13,16,22H,4,7-12H2,1-3H3,(H,19,24)/t16-/m0/s1. The van der Waals surface area contributed by atoms with E-state index >= 15 is 0 Å². The van der Waals surface area contributed by atoms with Crippen molar-refractivity contribution in [1.29, 1.82) is 0 Å². The highest BCUT2D eigenvalue weighted by molar-refractivity contribution is 5.89. The number of aryl methyl sites for hydroxylation is 1. The summed E-state index contributed by atoms with van der Waals surface area (Å²) in [5.41, 5.74) is 0. The van der Waals surface area contributed by atoms with Gasteiger partial charge in [0.25, 0.3) is 0 Å². The van der Waals surface area contributed by atoms with Crippen LogP contribution in [0.2, 0.25) is 0 Å². The molecule has 7 heteroatoms. The Morgan fingerprint density at radius 3 is 2.84 bits per heavy atom. The Bertz CT molecular complexity index is 585. The van der Waals surface area contributed by atoms with Gasteiger partial charge in [0.1, 0.15) is 11.5 Å². The zero-order valence-electron chi connectivity index (χ0n) is 15.3. The third-order valence-corrected chi connectivity index (χ3v) is 4.47. The van der Waals surface area contributed by atoms with Gasteiger partial charge in [0.2, 0.25) is 11.8 Å². The van der Waals surface area contributed by atoms with Crippen LogP contribution in [-0.4, -0.2) is 65.0 Å². The third-order valence-electron chi connectivity index (χ3n) is 4.47. The van der Waals surface area contributed by atoms with Gasteiger partial charge in [-0.3, -0.25) is 14.5 Å². The normalized spacial score (nSPS) is 18.4. The first-order chi connectivity index (χ1) is 11.9. The summed E-state index contributed by atoms with van der Waals surface area (Å²) in [6.07, 6.45) is 0.672. The predicted octanol–water partition coefficient (Wildman–Crippen LogP) is 0.898. The summed E-state index contributed by atoms with van der Waals surface area (Å²) in [6, 6.07) is 3.34. The quantitative estimate of drug-likeness (QED) is 0.727. The second-order valence-electron chi connectivity index (χ2n) is 6.75. The van der Waals surface area contributed by atoms with Crippen molar-refractivity contribution in [2.75, 3.05) is 26.2 Å². The first-order valence-corrected chi connectivity index (χ1v) is 8.89. The fraction of sp³-hybridized carbons (Fsp3) is 0.667. The fourth-order valence-electron chi connectivity index (χ4n) is 3.14. The monoisotopic (exact) mass is 351 g/mol. The topological polar surface area (TPSA) is 86.0 Å². The number of amides is 2. The molecule has 1 aliphatic rings. The van der Waals surface area contributed by atoms with E-state index in [1.807, 2.05) is 37.8 Å². The molecule has 2 heterocycles. The van der Waals surface area contributed by atoms with Crippen molar-refractivity contribution in [1.82, 2.24) is 15.1 Å². The van der Waals surface area contributed by atoms with Gasteiger partial charge in [0, 0.05) is 32.3 Å². The summed E-state index contributed by atoms with van der Waals surface area (Å²) in [4.78, 5) is 28.8. The maximum Gasteiger partial charge on any atom is 0.237 e. The molecular formula is C18H29N3O4. The largest absolute Gasteiger partial charge is 0.465 e. The molecule has 2 rings (SSSR count). The molecule has 0 radical (unpaired) electrons. The van der Waals surface area contributed by atoms with Crippen LogP contribution in [0.5, 0.6) is 0 Å². The number of hydrogen-bond donors (Lipinski definition) is 2. The number of carbonyl (C=O) groups excluding carboxylic acids is 2. The van der Waals surface area contributed by atoms with Crippen molar-refractivity contribution in [3.05, 3.63) is 23.7 Å². The molecule has 0 spiro atoms. The van der Waals surface area contributed by atoms with E-state index in [1.54, 1.807) is 4.90 Å². The van der Waals surface area contributed by atoms with E-state index < -0.39 is 6.04 Å². The van der Waals surface area contributed by atoms with Crippen LogP contribution in [0.1, 0.15) is 38.2 Å². The molecular weight excluding hydrogens is 322 g/mol. The van der Waals surface area contributed by atoms with Crippen LogP contribution >= 0.6 is 0 Å². The highest BCUT2D eigenvalue weighted by Crippen LogP contribution is 2.17. The summed E-state index contributed by atoms with van der Waals surface area (Å²) in [6.45, 7) is 8.08. The fourth-order valence-corrected chi connectivity index (χ4v) is 3.14. The van der Waals surface area contributed by atoms with Gasteiger partial charge >= 0.3 is 0 Å². The molecule has 1 aromatic heterocycles. The molecule has 0 unspecified atom stereocenters. The predicted molar refractivity (Wildman–Crippen MR) is 93.8 cm³/mol. The minimum Gasteiger partial charge on any atom is -0.465 e. The smallest absolute Gasteiger partial charge is 0.237 e. The van der Waals surface area contributed by atoms with E-state index in [-0.39, 0.29) is 30.9 Å². The summed E-state index contributed by atoms with van der Waals surface area (Å²) in [5.74, 6) is 1.45. The lowest BCUT2D eigenvalue weighted by Crippen LogP contribution is -2.56. The minimum absolute atomic E-state index is 0.0341. The number of nitrogens with one attached hydrogen (secondary N) is 1. The molecule has 7 nitrogen and oxygen atoms in total. The van der Waals surface area contributed by atoms with Gasteiger partial charge in [0.05, 0.1) is 19.0 Å². The van der Waals surface area contributed by atoms with Crippen molar-refractivity contribution in [3.8, 4) is 0 Å². The lowest BCUT2D eigenvalue weighted by atomic mass is 10.1. The molecule has 1 saturated heterocycles. The molecule has 25 heavy (non-hydrogen) atoms. The molecule has 1 aliphatic heterocycles. The lowest BCUT2D eigenvalue weighted by molar-refractivity contribution is -0.140. The van der Waals surface area contributed by atoms with Crippen LogP contribution in [0.25, 0.3) is 0 Å². The van der Waals surface area contributed by atoms with Crippen molar-refractivity contribution < 1.29 is 19.1 Å². The Morgan fingerprint density at radius 1 is 1.48 bits per heavy atom. The molecule has 0 aliphatic carbocycles. The van der Waals surface area contributed by atoms with Gasteiger partial charge in [-0.1, -0.05) is 0 Å².